The smallest absolute Gasteiger partial charge is 0.123 e. The number of anilines is 1. The lowest BCUT2D eigenvalue weighted by Gasteiger charge is -2.45. The van der Waals surface area contributed by atoms with Crippen LogP contribution in [0.2, 0.25) is 0 Å². The number of nitrogens with zero attached hydrogens (tertiary/aromatic N) is 1. The Morgan fingerprint density at radius 1 is 1.09 bits per heavy atom. The van der Waals surface area contributed by atoms with Gasteiger partial charge in [-0.05, 0) is 80.8 Å². The predicted molar refractivity (Wildman–Crippen MR) is 93.3 cm³/mol. The number of hydrogen-bond acceptors (Lipinski definition) is 2. The van der Waals surface area contributed by atoms with Crippen LogP contribution in [0.15, 0.2) is 18.2 Å². The number of fused-ring (bicyclic) bond motifs is 4. The van der Waals surface area contributed by atoms with Crippen LogP contribution in [0.1, 0.15) is 51.9 Å². The second kappa shape index (κ2) is 5.20. The average molecular weight is 316 g/mol. The van der Waals surface area contributed by atoms with Crippen LogP contribution in [0.5, 0.6) is 0 Å². The molecule has 2 aliphatic heterocycles. The molecule has 3 heteroatoms. The SMILES string of the molecule is Fc1ccc2c(c1)C1(CCN(C3CC4CCC(C4)C3)CC1)CN2.[HH]. The minimum atomic E-state index is -0.0851. The Bertz CT molecular complexity index is 600. The number of benzene rings is 1. The summed E-state index contributed by atoms with van der Waals surface area (Å²) in [5, 5.41) is 3.52. The van der Waals surface area contributed by atoms with Crippen molar-refractivity contribution in [3.8, 4) is 0 Å². The van der Waals surface area contributed by atoms with Gasteiger partial charge in [0.1, 0.15) is 5.82 Å². The van der Waals surface area contributed by atoms with E-state index in [0.717, 1.165) is 30.1 Å². The number of hydrogen-bond donors (Lipinski definition) is 1. The molecule has 2 bridgehead atoms. The summed E-state index contributed by atoms with van der Waals surface area (Å²) >= 11 is 0. The molecule has 2 aliphatic carbocycles. The third-order valence-corrected chi connectivity index (χ3v) is 7.30. The van der Waals surface area contributed by atoms with Crippen LogP contribution in [-0.4, -0.2) is 30.6 Å². The van der Waals surface area contributed by atoms with Crippen LogP contribution in [0.25, 0.3) is 0 Å². The zero-order valence-electron chi connectivity index (χ0n) is 13.9. The van der Waals surface area contributed by atoms with Gasteiger partial charge in [0.2, 0.25) is 0 Å². The van der Waals surface area contributed by atoms with Gasteiger partial charge in [-0.3, -0.25) is 0 Å². The Labute approximate surface area is 139 Å². The lowest BCUT2D eigenvalue weighted by molar-refractivity contribution is 0.0795. The minimum Gasteiger partial charge on any atom is -0.384 e. The molecule has 1 spiro atoms. The van der Waals surface area contributed by atoms with Crippen molar-refractivity contribution in [1.29, 1.82) is 0 Å². The molecule has 0 radical (unpaired) electrons. The molecule has 1 saturated heterocycles. The summed E-state index contributed by atoms with van der Waals surface area (Å²) in [6.45, 7) is 3.39. The van der Waals surface area contributed by atoms with Crippen molar-refractivity contribution < 1.29 is 5.82 Å². The van der Waals surface area contributed by atoms with Gasteiger partial charge in [0.05, 0.1) is 0 Å². The zero-order valence-corrected chi connectivity index (χ0v) is 13.9. The van der Waals surface area contributed by atoms with Gasteiger partial charge in [0, 0.05) is 25.1 Å². The first-order valence-corrected chi connectivity index (χ1v) is 9.50. The fourth-order valence-electron chi connectivity index (χ4n) is 6.00. The van der Waals surface area contributed by atoms with E-state index in [2.05, 4.69) is 10.2 Å². The van der Waals surface area contributed by atoms with E-state index in [-0.39, 0.29) is 12.7 Å². The quantitative estimate of drug-likeness (QED) is 0.825. The summed E-state index contributed by atoms with van der Waals surface area (Å²) in [6, 6.07) is 6.12. The third kappa shape index (κ3) is 2.31. The maximum Gasteiger partial charge on any atom is 0.123 e. The van der Waals surface area contributed by atoms with Crippen molar-refractivity contribution in [2.75, 3.05) is 25.0 Å². The molecule has 1 N–H and O–H groups in total. The Hall–Kier alpha value is -1.09. The van der Waals surface area contributed by atoms with E-state index < -0.39 is 0 Å². The summed E-state index contributed by atoms with van der Waals surface area (Å²) in [6.07, 6.45) is 9.71. The molecular weight excluding hydrogens is 287 g/mol. The molecule has 0 aromatic heterocycles. The van der Waals surface area contributed by atoms with Gasteiger partial charge < -0.3 is 10.2 Å². The monoisotopic (exact) mass is 316 g/mol. The molecule has 4 aliphatic rings. The van der Waals surface area contributed by atoms with E-state index in [1.807, 2.05) is 6.07 Å². The molecule has 2 nitrogen and oxygen atoms in total. The van der Waals surface area contributed by atoms with Gasteiger partial charge in [-0.15, -0.1) is 0 Å². The lowest BCUT2D eigenvalue weighted by atomic mass is 9.73. The largest absolute Gasteiger partial charge is 0.384 e. The van der Waals surface area contributed by atoms with Crippen molar-refractivity contribution in [1.82, 2.24) is 4.90 Å². The van der Waals surface area contributed by atoms with E-state index in [0.29, 0.717) is 0 Å². The standard InChI is InChI=1S/C20H27FN2.H2/c21-16-3-4-19-18(12-16)20(13-22-19)5-7-23(8-6-20)17-10-14-1-2-15(9-14)11-17;/h3-4,12,14-15,17,22H,1-2,5-11,13H2;1H. The summed E-state index contributed by atoms with van der Waals surface area (Å²) in [5.74, 6) is 1.94. The third-order valence-electron chi connectivity index (χ3n) is 7.30. The van der Waals surface area contributed by atoms with E-state index in [1.54, 1.807) is 12.1 Å². The number of piperidine rings is 1. The molecule has 5 rings (SSSR count). The second-order valence-corrected chi connectivity index (χ2v) is 8.53. The number of nitrogens with one attached hydrogen (secondary N) is 1. The molecular formula is C20H29FN2. The number of likely N-dealkylation sites (tertiary alicyclic amines) is 1. The summed E-state index contributed by atoms with van der Waals surface area (Å²) in [5.41, 5.74) is 2.58. The summed E-state index contributed by atoms with van der Waals surface area (Å²) in [4.78, 5) is 2.77. The van der Waals surface area contributed by atoms with E-state index >= 15 is 0 Å². The Morgan fingerprint density at radius 3 is 2.57 bits per heavy atom. The molecule has 2 heterocycles. The molecule has 2 atom stereocenters. The van der Waals surface area contributed by atoms with Crippen LogP contribution in [0, 0.1) is 17.7 Å². The molecule has 0 amide bonds. The average Bonchev–Trinajstić information content (AvgIpc) is 3.09. The zero-order chi connectivity index (χ0) is 15.4. The minimum absolute atomic E-state index is 0. The molecule has 2 saturated carbocycles. The summed E-state index contributed by atoms with van der Waals surface area (Å²) in [7, 11) is 0. The van der Waals surface area contributed by atoms with Crippen molar-refractivity contribution in [3.05, 3.63) is 29.6 Å². The highest BCUT2D eigenvalue weighted by Crippen LogP contribution is 2.47. The van der Waals surface area contributed by atoms with Crippen LogP contribution in [-0.2, 0) is 5.41 Å². The van der Waals surface area contributed by atoms with Crippen LogP contribution < -0.4 is 5.32 Å². The van der Waals surface area contributed by atoms with Gasteiger partial charge in [0.25, 0.3) is 0 Å². The van der Waals surface area contributed by atoms with E-state index in [9.17, 15) is 4.39 Å². The van der Waals surface area contributed by atoms with Crippen molar-refractivity contribution in [2.45, 2.75) is 56.4 Å². The fourth-order valence-corrected chi connectivity index (χ4v) is 6.00. The first kappa shape index (κ1) is 14.3. The first-order valence-electron chi connectivity index (χ1n) is 9.50. The van der Waals surface area contributed by atoms with Crippen molar-refractivity contribution in [2.24, 2.45) is 11.8 Å². The van der Waals surface area contributed by atoms with Crippen molar-refractivity contribution in [3.63, 3.8) is 0 Å². The number of halogens is 1. The molecule has 3 fully saturated rings. The Balaban J connectivity index is 0.00000146. The maximum atomic E-state index is 13.7. The fraction of sp³-hybridized carbons (Fsp3) is 0.700. The van der Waals surface area contributed by atoms with E-state index in [4.69, 9.17) is 0 Å². The maximum absolute atomic E-state index is 13.7. The molecule has 23 heavy (non-hydrogen) atoms. The van der Waals surface area contributed by atoms with Gasteiger partial charge in [0.15, 0.2) is 0 Å². The molecule has 126 valence electrons. The van der Waals surface area contributed by atoms with Crippen molar-refractivity contribution >= 4 is 5.69 Å². The van der Waals surface area contributed by atoms with Crippen LogP contribution in [0.3, 0.4) is 0 Å². The van der Waals surface area contributed by atoms with Gasteiger partial charge in [-0.2, -0.15) is 0 Å². The van der Waals surface area contributed by atoms with E-state index in [1.165, 1.54) is 63.6 Å². The molecule has 1 aromatic carbocycles. The summed E-state index contributed by atoms with van der Waals surface area (Å²) < 4.78 is 13.7. The first-order chi connectivity index (χ1) is 11.2. The highest BCUT2D eigenvalue weighted by Gasteiger charge is 2.44. The highest BCUT2D eigenvalue weighted by atomic mass is 19.1. The Kier molecular flexibility index (Phi) is 3.23. The second-order valence-electron chi connectivity index (χ2n) is 8.53. The lowest BCUT2D eigenvalue weighted by Crippen LogP contribution is -2.49. The van der Waals surface area contributed by atoms with Gasteiger partial charge in [-0.25, -0.2) is 4.39 Å². The Morgan fingerprint density at radius 2 is 1.83 bits per heavy atom. The van der Waals surface area contributed by atoms with Crippen LogP contribution in [0.4, 0.5) is 10.1 Å². The number of rotatable bonds is 1. The molecule has 1 aromatic rings. The van der Waals surface area contributed by atoms with Crippen LogP contribution >= 0.6 is 0 Å². The highest BCUT2D eigenvalue weighted by molar-refractivity contribution is 5.60. The van der Waals surface area contributed by atoms with Gasteiger partial charge >= 0.3 is 0 Å². The van der Waals surface area contributed by atoms with Gasteiger partial charge in [-0.1, -0.05) is 12.8 Å². The molecule has 2 unspecified atom stereocenters. The predicted octanol–water partition coefficient (Wildman–Crippen LogP) is 4.41. The normalized spacial score (nSPS) is 35.3. The topological polar surface area (TPSA) is 15.3 Å².